The monoisotopic (exact) mass is 398 g/mol. The molecule has 0 saturated heterocycles. The van der Waals surface area contributed by atoms with Crippen molar-refractivity contribution in [2.24, 2.45) is 0 Å². The Morgan fingerprint density at radius 2 is 1.79 bits per heavy atom. The van der Waals surface area contributed by atoms with Crippen LogP contribution >= 0.6 is 0 Å². The van der Waals surface area contributed by atoms with Crippen molar-refractivity contribution in [2.45, 2.75) is 6.36 Å². The van der Waals surface area contributed by atoms with Gasteiger partial charge in [-0.1, -0.05) is 30.3 Å². The number of hydrogen-bond acceptors (Lipinski definition) is 4. The van der Waals surface area contributed by atoms with E-state index < -0.39 is 11.9 Å². The van der Waals surface area contributed by atoms with Gasteiger partial charge in [-0.2, -0.15) is 5.10 Å². The van der Waals surface area contributed by atoms with Crippen molar-refractivity contribution in [3.63, 3.8) is 0 Å². The number of nitrogens with one attached hydrogen (secondary N) is 1. The van der Waals surface area contributed by atoms with E-state index in [0.717, 1.165) is 5.69 Å². The number of rotatable bonds is 4. The summed E-state index contributed by atoms with van der Waals surface area (Å²) in [6.45, 7) is 0. The molecule has 2 heterocycles. The highest BCUT2D eigenvalue weighted by atomic mass is 19.4. The molecule has 0 fully saturated rings. The van der Waals surface area contributed by atoms with Gasteiger partial charge in [0.05, 0.1) is 23.3 Å². The van der Waals surface area contributed by atoms with Gasteiger partial charge in [-0.15, -0.1) is 13.2 Å². The summed E-state index contributed by atoms with van der Waals surface area (Å²) in [7, 11) is 0. The van der Waals surface area contributed by atoms with Gasteiger partial charge in [0, 0.05) is 11.8 Å². The summed E-state index contributed by atoms with van der Waals surface area (Å²) >= 11 is 0. The van der Waals surface area contributed by atoms with Gasteiger partial charge in [-0.05, 0) is 30.3 Å². The number of nitrogens with zero attached hydrogens (tertiary/aromatic N) is 3. The standard InChI is InChI=1S/C20H13F3N4O2/c21-20(22,23)29-15-8-4-5-13(11-15)16-12-24-19(28)18(26-16)17-9-10-25-27(17)14-6-2-1-3-7-14/h1-12H,(H,24,28). The smallest absolute Gasteiger partial charge is 0.406 e. The molecule has 29 heavy (non-hydrogen) atoms. The van der Waals surface area contributed by atoms with Crippen molar-refractivity contribution < 1.29 is 17.9 Å². The quantitative estimate of drug-likeness (QED) is 0.560. The van der Waals surface area contributed by atoms with E-state index in [1.165, 1.54) is 30.6 Å². The van der Waals surface area contributed by atoms with E-state index in [4.69, 9.17) is 0 Å². The summed E-state index contributed by atoms with van der Waals surface area (Å²) in [5.74, 6) is -0.376. The maximum Gasteiger partial charge on any atom is 0.573 e. The van der Waals surface area contributed by atoms with E-state index >= 15 is 0 Å². The third-order valence-electron chi connectivity index (χ3n) is 4.04. The Morgan fingerprint density at radius 3 is 2.55 bits per heavy atom. The Hall–Kier alpha value is -3.88. The van der Waals surface area contributed by atoms with Gasteiger partial charge in [-0.3, -0.25) is 4.79 Å². The van der Waals surface area contributed by atoms with Gasteiger partial charge in [0.1, 0.15) is 5.75 Å². The zero-order valence-corrected chi connectivity index (χ0v) is 14.7. The molecule has 1 N–H and O–H groups in total. The van der Waals surface area contributed by atoms with Crippen molar-refractivity contribution >= 4 is 0 Å². The summed E-state index contributed by atoms with van der Waals surface area (Å²) < 4.78 is 43.0. The molecule has 0 amide bonds. The highest BCUT2D eigenvalue weighted by molar-refractivity contribution is 5.65. The predicted molar refractivity (Wildman–Crippen MR) is 99.5 cm³/mol. The number of H-pyrrole nitrogens is 1. The van der Waals surface area contributed by atoms with Crippen LogP contribution in [-0.4, -0.2) is 26.1 Å². The number of benzene rings is 2. The molecule has 4 rings (SSSR count). The summed E-state index contributed by atoms with van der Waals surface area (Å²) in [6.07, 6.45) is -1.93. The van der Waals surface area contributed by atoms with Gasteiger partial charge in [0.2, 0.25) is 0 Å². The van der Waals surface area contributed by atoms with E-state index in [9.17, 15) is 18.0 Å². The molecule has 0 spiro atoms. The second-order valence-corrected chi connectivity index (χ2v) is 6.00. The Labute approximate surface area is 162 Å². The van der Waals surface area contributed by atoms with Crippen LogP contribution < -0.4 is 10.3 Å². The van der Waals surface area contributed by atoms with E-state index in [2.05, 4.69) is 19.8 Å². The minimum atomic E-state index is -4.80. The Bertz CT molecular complexity index is 1200. The molecule has 0 saturated carbocycles. The second-order valence-electron chi connectivity index (χ2n) is 6.00. The first-order valence-electron chi connectivity index (χ1n) is 8.46. The Balaban J connectivity index is 1.77. The first kappa shape index (κ1) is 18.5. The normalized spacial score (nSPS) is 11.4. The van der Waals surface area contributed by atoms with E-state index in [0.29, 0.717) is 11.3 Å². The number of hydrogen-bond donors (Lipinski definition) is 1. The van der Waals surface area contributed by atoms with Crippen LogP contribution in [0.15, 0.2) is 77.9 Å². The van der Waals surface area contributed by atoms with Crippen LogP contribution in [0.3, 0.4) is 0 Å². The van der Waals surface area contributed by atoms with E-state index in [-0.39, 0.29) is 17.1 Å². The van der Waals surface area contributed by atoms with Crippen LogP contribution in [0.25, 0.3) is 28.3 Å². The molecule has 6 nitrogen and oxygen atoms in total. The number of alkyl halides is 3. The lowest BCUT2D eigenvalue weighted by molar-refractivity contribution is -0.274. The van der Waals surface area contributed by atoms with Crippen molar-refractivity contribution in [1.29, 1.82) is 0 Å². The average Bonchev–Trinajstić information content (AvgIpc) is 3.17. The molecule has 146 valence electrons. The topological polar surface area (TPSA) is 72.8 Å². The van der Waals surface area contributed by atoms with Crippen LogP contribution in [0, 0.1) is 0 Å². The van der Waals surface area contributed by atoms with E-state index in [1.807, 2.05) is 30.3 Å². The second kappa shape index (κ2) is 7.27. The average molecular weight is 398 g/mol. The fourth-order valence-electron chi connectivity index (χ4n) is 2.84. The molecule has 0 bridgehead atoms. The third kappa shape index (κ3) is 4.03. The minimum Gasteiger partial charge on any atom is -0.406 e. The zero-order chi connectivity index (χ0) is 20.4. The number of para-hydroxylation sites is 1. The Morgan fingerprint density at radius 1 is 1.00 bits per heavy atom. The SMILES string of the molecule is O=c1[nH]cc(-c2cccc(OC(F)(F)F)c2)nc1-c1ccnn1-c1ccccc1. The molecule has 0 aliphatic heterocycles. The van der Waals surface area contributed by atoms with Crippen LogP contribution in [-0.2, 0) is 0 Å². The van der Waals surface area contributed by atoms with Gasteiger partial charge in [-0.25, -0.2) is 9.67 Å². The summed E-state index contributed by atoms with van der Waals surface area (Å²) in [4.78, 5) is 19.4. The minimum absolute atomic E-state index is 0.0889. The summed E-state index contributed by atoms with van der Waals surface area (Å²) in [5, 5.41) is 4.24. The predicted octanol–water partition coefficient (Wildman–Crippen LogP) is 4.19. The zero-order valence-electron chi connectivity index (χ0n) is 14.7. The molecule has 0 radical (unpaired) electrons. The lowest BCUT2D eigenvalue weighted by Crippen LogP contribution is -2.17. The fourth-order valence-corrected chi connectivity index (χ4v) is 2.84. The molecule has 4 aromatic rings. The van der Waals surface area contributed by atoms with Crippen LogP contribution in [0.5, 0.6) is 5.75 Å². The molecular formula is C20H13F3N4O2. The lowest BCUT2D eigenvalue weighted by atomic mass is 10.1. The van der Waals surface area contributed by atoms with Crippen LogP contribution in [0.1, 0.15) is 0 Å². The third-order valence-corrected chi connectivity index (χ3v) is 4.04. The molecule has 2 aromatic carbocycles. The first-order chi connectivity index (χ1) is 13.9. The molecule has 9 heteroatoms. The first-order valence-corrected chi connectivity index (χ1v) is 8.46. The summed E-state index contributed by atoms with van der Waals surface area (Å²) in [6, 6.07) is 16.2. The van der Waals surface area contributed by atoms with Crippen molar-refractivity contribution in [3.05, 3.63) is 83.4 Å². The van der Waals surface area contributed by atoms with Crippen molar-refractivity contribution in [2.75, 3.05) is 0 Å². The molecule has 2 aromatic heterocycles. The number of halogens is 3. The molecular weight excluding hydrogens is 385 g/mol. The van der Waals surface area contributed by atoms with Crippen molar-refractivity contribution in [3.8, 4) is 34.1 Å². The van der Waals surface area contributed by atoms with Gasteiger partial charge >= 0.3 is 6.36 Å². The number of aromatic nitrogens is 4. The highest BCUT2D eigenvalue weighted by Crippen LogP contribution is 2.27. The maximum atomic E-state index is 12.5. The highest BCUT2D eigenvalue weighted by Gasteiger charge is 2.31. The van der Waals surface area contributed by atoms with Crippen LogP contribution in [0.2, 0.25) is 0 Å². The lowest BCUT2D eigenvalue weighted by Gasteiger charge is -2.10. The van der Waals surface area contributed by atoms with Gasteiger partial charge in [0.25, 0.3) is 5.56 Å². The number of aromatic amines is 1. The molecule has 0 unspecified atom stereocenters. The van der Waals surface area contributed by atoms with Crippen LogP contribution in [0.4, 0.5) is 13.2 Å². The largest absolute Gasteiger partial charge is 0.573 e. The number of ether oxygens (including phenoxy) is 1. The van der Waals surface area contributed by atoms with E-state index in [1.54, 1.807) is 16.8 Å². The Kier molecular flexibility index (Phi) is 4.63. The van der Waals surface area contributed by atoms with Gasteiger partial charge in [0.15, 0.2) is 5.69 Å². The molecule has 0 atom stereocenters. The maximum absolute atomic E-state index is 12.5. The summed E-state index contributed by atoms with van der Waals surface area (Å²) in [5.41, 5.74) is 1.46. The fraction of sp³-hybridized carbons (Fsp3) is 0.0500. The molecule has 0 aliphatic carbocycles. The van der Waals surface area contributed by atoms with Gasteiger partial charge < -0.3 is 9.72 Å². The molecule has 0 aliphatic rings. The van der Waals surface area contributed by atoms with Crippen molar-refractivity contribution in [1.82, 2.24) is 19.7 Å².